The lowest BCUT2D eigenvalue weighted by atomic mass is 9.85. The Bertz CT molecular complexity index is 425. The number of ether oxygens (including phenoxy) is 1. The van der Waals surface area contributed by atoms with Crippen molar-refractivity contribution in [3.63, 3.8) is 0 Å². The highest BCUT2D eigenvalue weighted by atomic mass is 16.6. The second-order valence-corrected chi connectivity index (χ2v) is 7.84. The van der Waals surface area contributed by atoms with Crippen LogP contribution in [0.4, 0.5) is 4.79 Å². The number of nitrogens with zero attached hydrogens (tertiary/aromatic N) is 1. The van der Waals surface area contributed by atoms with E-state index in [-0.39, 0.29) is 32.2 Å². The van der Waals surface area contributed by atoms with E-state index in [1.165, 1.54) is 4.90 Å². The van der Waals surface area contributed by atoms with Gasteiger partial charge < -0.3 is 25.2 Å². The van der Waals surface area contributed by atoms with Crippen LogP contribution in [0.5, 0.6) is 0 Å². The molecule has 1 heterocycles. The molecule has 23 heavy (non-hydrogen) atoms. The van der Waals surface area contributed by atoms with Gasteiger partial charge in [-0.2, -0.15) is 0 Å². The van der Waals surface area contributed by atoms with Crippen LogP contribution in [0.1, 0.15) is 47.5 Å². The fourth-order valence-electron chi connectivity index (χ4n) is 2.86. The van der Waals surface area contributed by atoms with Crippen molar-refractivity contribution >= 4 is 12.1 Å². The first-order chi connectivity index (χ1) is 10.5. The van der Waals surface area contributed by atoms with E-state index >= 15 is 0 Å². The molecule has 1 aliphatic heterocycles. The summed E-state index contributed by atoms with van der Waals surface area (Å²) < 4.78 is 5.30. The van der Waals surface area contributed by atoms with E-state index in [0.29, 0.717) is 5.92 Å². The Kier molecular flexibility index (Phi) is 6.41. The second kappa shape index (κ2) is 7.49. The summed E-state index contributed by atoms with van der Waals surface area (Å²) in [7, 11) is 0. The van der Waals surface area contributed by atoms with Crippen LogP contribution < -0.4 is 5.32 Å². The Morgan fingerprint density at radius 2 is 1.87 bits per heavy atom. The second-order valence-electron chi connectivity index (χ2n) is 7.84. The van der Waals surface area contributed by atoms with E-state index in [2.05, 4.69) is 5.32 Å². The van der Waals surface area contributed by atoms with Crippen LogP contribution in [0.3, 0.4) is 0 Å². The van der Waals surface area contributed by atoms with E-state index in [1.54, 1.807) is 20.8 Å². The Balaban J connectivity index is 2.69. The molecule has 1 amide bonds. The highest BCUT2D eigenvalue weighted by molar-refractivity contribution is 5.73. The predicted octanol–water partition coefficient (Wildman–Crippen LogP) is 1.45. The number of aliphatic hydroxyl groups excluding tert-OH is 1. The zero-order chi connectivity index (χ0) is 17.8. The minimum Gasteiger partial charge on any atom is -0.481 e. The Hall–Kier alpha value is -1.34. The van der Waals surface area contributed by atoms with Gasteiger partial charge in [-0.3, -0.25) is 4.79 Å². The number of carboxylic acid groups (broad SMARTS) is 1. The van der Waals surface area contributed by atoms with E-state index in [1.807, 2.05) is 13.8 Å². The van der Waals surface area contributed by atoms with E-state index < -0.39 is 23.2 Å². The molecule has 1 aliphatic rings. The summed E-state index contributed by atoms with van der Waals surface area (Å²) in [5.74, 6) is -0.550. The summed E-state index contributed by atoms with van der Waals surface area (Å²) in [5.41, 5.74) is -1.29. The van der Waals surface area contributed by atoms with Crippen molar-refractivity contribution in [1.29, 1.82) is 0 Å². The molecule has 1 saturated heterocycles. The summed E-state index contributed by atoms with van der Waals surface area (Å²) in [6.45, 7) is 9.93. The number of carbonyl (C=O) groups is 2. The third-order valence-electron chi connectivity index (χ3n) is 3.61. The molecule has 7 heteroatoms. The third kappa shape index (κ3) is 6.35. The molecule has 0 aromatic heterocycles. The Labute approximate surface area is 138 Å². The molecule has 7 nitrogen and oxygen atoms in total. The molecule has 3 N–H and O–H groups in total. The molecule has 1 fully saturated rings. The Morgan fingerprint density at radius 1 is 1.30 bits per heavy atom. The zero-order valence-corrected chi connectivity index (χ0v) is 14.8. The number of hydrogen-bond acceptors (Lipinski definition) is 5. The minimum atomic E-state index is -0.928. The maximum Gasteiger partial charge on any atom is 0.410 e. The van der Waals surface area contributed by atoms with Gasteiger partial charge >= 0.3 is 12.1 Å². The van der Waals surface area contributed by atoms with E-state index in [4.69, 9.17) is 9.84 Å². The molecular weight excluding hydrogens is 300 g/mol. The van der Waals surface area contributed by atoms with Crippen LogP contribution in [0, 0.1) is 5.92 Å². The fourth-order valence-corrected chi connectivity index (χ4v) is 2.86. The van der Waals surface area contributed by atoms with Crippen molar-refractivity contribution < 1.29 is 24.5 Å². The summed E-state index contributed by atoms with van der Waals surface area (Å²) in [6.07, 6.45) is 0.204. The summed E-state index contributed by atoms with van der Waals surface area (Å²) in [5, 5.41) is 21.9. The first-order valence-corrected chi connectivity index (χ1v) is 8.04. The molecule has 0 saturated carbocycles. The SMILES string of the molecule is CC(C)CC(CO)NC1(CC(=O)O)CN(C(=O)OC(C)(C)C)C1. The first kappa shape index (κ1) is 19.7. The van der Waals surface area contributed by atoms with Crippen LogP contribution in [-0.2, 0) is 9.53 Å². The fraction of sp³-hybridized carbons (Fsp3) is 0.875. The number of nitrogens with one attached hydrogen (secondary N) is 1. The maximum atomic E-state index is 12.0. The highest BCUT2D eigenvalue weighted by Gasteiger charge is 2.48. The van der Waals surface area contributed by atoms with Crippen molar-refractivity contribution in [3.05, 3.63) is 0 Å². The molecule has 0 bridgehead atoms. The van der Waals surface area contributed by atoms with Crippen LogP contribution >= 0.6 is 0 Å². The lowest BCUT2D eigenvalue weighted by Crippen LogP contribution is -2.73. The predicted molar refractivity (Wildman–Crippen MR) is 86.3 cm³/mol. The van der Waals surface area contributed by atoms with Gasteiger partial charge in [0.2, 0.25) is 0 Å². The number of rotatable bonds is 7. The van der Waals surface area contributed by atoms with E-state index in [9.17, 15) is 14.7 Å². The Morgan fingerprint density at radius 3 is 2.26 bits per heavy atom. The molecule has 0 spiro atoms. The van der Waals surface area contributed by atoms with Gasteiger partial charge in [0.05, 0.1) is 18.6 Å². The van der Waals surface area contributed by atoms with Crippen LogP contribution in [0.25, 0.3) is 0 Å². The number of amides is 1. The van der Waals surface area contributed by atoms with Crippen molar-refractivity contribution in [1.82, 2.24) is 10.2 Å². The number of likely N-dealkylation sites (tertiary alicyclic amines) is 1. The first-order valence-electron chi connectivity index (χ1n) is 8.04. The maximum absolute atomic E-state index is 12.0. The standard InChI is InChI=1S/C16H30N2O5/c1-11(2)6-12(8-19)17-16(7-13(20)21)9-18(10-16)14(22)23-15(3,4)5/h11-12,17,19H,6-10H2,1-5H3,(H,20,21). The largest absolute Gasteiger partial charge is 0.481 e. The average Bonchev–Trinajstić information content (AvgIpc) is 2.30. The van der Waals surface area contributed by atoms with Gasteiger partial charge in [0.1, 0.15) is 5.60 Å². The molecule has 134 valence electrons. The minimum absolute atomic E-state index is 0.0635. The number of aliphatic hydroxyl groups is 1. The summed E-state index contributed by atoms with van der Waals surface area (Å²) in [6, 6.07) is -0.185. The zero-order valence-electron chi connectivity index (χ0n) is 14.8. The summed E-state index contributed by atoms with van der Waals surface area (Å²) in [4.78, 5) is 24.7. The van der Waals surface area contributed by atoms with Crippen LogP contribution in [-0.4, -0.2) is 64.1 Å². The molecule has 0 aromatic carbocycles. The van der Waals surface area contributed by atoms with Gasteiger partial charge in [0.15, 0.2) is 0 Å². The molecule has 1 atom stereocenters. The van der Waals surface area contributed by atoms with E-state index in [0.717, 1.165) is 6.42 Å². The van der Waals surface area contributed by atoms with Gasteiger partial charge in [0.25, 0.3) is 0 Å². The average molecular weight is 330 g/mol. The highest BCUT2D eigenvalue weighted by Crippen LogP contribution is 2.28. The van der Waals surface area contributed by atoms with Gasteiger partial charge in [-0.05, 0) is 33.1 Å². The number of hydrogen-bond donors (Lipinski definition) is 3. The lowest BCUT2D eigenvalue weighted by Gasteiger charge is -2.51. The van der Waals surface area contributed by atoms with Gasteiger partial charge in [-0.15, -0.1) is 0 Å². The number of carbonyl (C=O) groups excluding carboxylic acids is 1. The van der Waals surface area contributed by atoms with Crippen molar-refractivity contribution in [2.75, 3.05) is 19.7 Å². The van der Waals surface area contributed by atoms with Gasteiger partial charge in [-0.1, -0.05) is 13.8 Å². The monoisotopic (exact) mass is 330 g/mol. The molecule has 1 rings (SSSR count). The molecule has 1 unspecified atom stereocenters. The van der Waals surface area contributed by atoms with Gasteiger partial charge in [0, 0.05) is 19.1 Å². The van der Waals surface area contributed by atoms with Gasteiger partial charge in [-0.25, -0.2) is 4.79 Å². The molecule has 0 aromatic rings. The molecule has 0 aliphatic carbocycles. The van der Waals surface area contributed by atoms with Crippen molar-refractivity contribution in [3.8, 4) is 0 Å². The summed E-state index contributed by atoms with van der Waals surface area (Å²) >= 11 is 0. The number of aliphatic carboxylic acids is 1. The topological polar surface area (TPSA) is 99.1 Å². The van der Waals surface area contributed by atoms with Crippen LogP contribution in [0.2, 0.25) is 0 Å². The van der Waals surface area contributed by atoms with Crippen molar-refractivity contribution in [2.24, 2.45) is 5.92 Å². The number of carboxylic acids is 1. The molecular formula is C16H30N2O5. The lowest BCUT2D eigenvalue weighted by molar-refractivity contribution is -0.141. The van der Waals surface area contributed by atoms with Crippen LogP contribution in [0.15, 0.2) is 0 Å². The quantitative estimate of drug-likeness (QED) is 0.653. The smallest absolute Gasteiger partial charge is 0.410 e. The molecule has 0 radical (unpaired) electrons. The normalized spacial score (nSPS) is 18.5. The van der Waals surface area contributed by atoms with Crippen molar-refractivity contribution in [2.45, 2.75) is 64.6 Å². The third-order valence-corrected chi connectivity index (χ3v) is 3.61.